The van der Waals surface area contributed by atoms with Crippen LogP contribution >= 0.6 is 0 Å². The van der Waals surface area contributed by atoms with Crippen molar-refractivity contribution in [2.75, 3.05) is 56.7 Å². The molecule has 9 nitrogen and oxygen atoms in total. The Morgan fingerprint density at radius 1 is 0.881 bits per heavy atom. The van der Waals surface area contributed by atoms with E-state index in [1.807, 2.05) is 61.3 Å². The van der Waals surface area contributed by atoms with E-state index in [-0.39, 0.29) is 0 Å². The highest BCUT2D eigenvalue weighted by atomic mass is 16.5. The Morgan fingerprint density at radius 3 is 2.36 bits per heavy atom. The third kappa shape index (κ3) is 7.64. The molecule has 0 aliphatic carbocycles. The summed E-state index contributed by atoms with van der Waals surface area (Å²) in [4.78, 5) is 16.8. The number of hydrogen-bond donors (Lipinski definition) is 3. The maximum atomic E-state index is 9.76. The van der Waals surface area contributed by atoms with Crippen molar-refractivity contribution in [3.05, 3.63) is 96.8 Å². The molecule has 2 aromatic heterocycles. The lowest BCUT2D eigenvalue weighted by Crippen LogP contribution is -2.24. The van der Waals surface area contributed by atoms with Crippen LogP contribution in [0.2, 0.25) is 0 Å². The molecule has 3 N–H and O–H groups in total. The number of hydrogen-bond acceptors (Lipinski definition) is 8. The van der Waals surface area contributed by atoms with E-state index in [9.17, 15) is 4.79 Å². The van der Waals surface area contributed by atoms with Crippen molar-refractivity contribution in [3.8, 4) is 22.3 Å². The fraction of sp³-hybridized carbons (Fsp3) is 0.242. The van der Waals surface area contributed by atoms with Gasteiger partial charge in [-0.15, -0.1) is 0 Å². The Bertz CT molecular complexity index is 1550. The molecule has 0 radical (unpaired) electrons. The minimum Gasteiger partial charge on any atom is -0.463 e. The molecule has 0 aliphatic rings. The van der Waals surface area contributed by atoms with Crippen LogP contribution in [0.4, 0.5) is 17.2 Å². The summed E-state index contributed by atoms with van der Waals surface area (Å²) in [6.07, 6.45) is 3.81. The van der Waals surface area contributed by atoms with Gasteiger partial charge in [0.1, 0.15) is 12.4 Å². The lowest BCUT2D eigenvalue weighted by atomic mass is 10.1. The predicted octanol–water partition coefficient (Wildman–Crippen LogP) is 5.87. The molecule has 5 rings (SSSR count). The molecule has 0 fully saturated rings. The molecule has 9 heteroatoms. The van der Waals surface area contributed by atoms with Crippen LogP contribution in [0.5, 0.6) is 0 Å². The summed E-state index contributed by atoms with van der Waals surface area (Å²) in [5.41, 5.74) is 8.20. The number of rotatable bonds is 12. The van der Waals surface area contributed by atoms with Gasteiger partial charge >= 0.3 is 0 Å². The van der Waals surface area contributed by atoms with Gasteiger partial charge in [0.2, 0.25) is 0 Å². The predicted molar refractivity (Wildman–Crippen MR) is 172 cm³/mol. The number of nitrogens with zero attached hydrogens (tertiary/aromatic N) is 4. The average molecular weight is 566 g/mol. The second-order valence-electron chi connectivity index (χ2n) is 9.69. The van der Waals surface area contributed by atoms with E-state index < -0.39 is 0 Å². The Balaban J connectivity index is 0.000000343. The van der Waals surface area contributed by atoms with Crippen molar-refractivity contribution in [1.82, 2.24) is 19.5 Å². The topological polar surface area (TPSA) is 95.8 Å². The first-order chi connectivity index (χ1) is 20.6. The van der Waals surface area contributed by atoms with Crippen LogP contribution in [-0.4, -0.2) is 66.7 Å². The SMILES string of the molecule is CCN(C)CCNc1cccc(-c2cnn3c(NC)c(-c4ccc(NC)cc4)cnc23)c1.O=COCc1ccccc1. The van der Waals surface area contributed by atoms with Crippen molar-refractivity contribution in [2.24, 2.45) is 0 Å². The Morgan fingerprint density at radius 2 is 1.67 bits per heavy atom. The van der Waals surface area contributed by atoms with Crippen molar-refractivity contribution < 1.29 is 9.53 Å². The third-order valence-corrected chi connectivity index (χ3v) is 6.94. The van der Waals surface area contributed by atoms with Crippen LogP contribution < -0.4 is 16.0 Å². The number of likely N-dealkylation sites (N-methyl/N-ethyl adjacent to an activating group) is 1. The summed E-state index contributed by atoms with van der Waals surface area (Å²) in [6.45, 7) is 5.94. The molecule has 0 unspecified atom stereocenters. The van der Waals surface area contributed by atoms with Gasteiger partial charge in [-0.2, -0.15) is 9.61 Å². The quantitative estimate of drug-likeness (QED) is 0.162. The van der Waals surface area contributed by atoms with Crippen LogP contribution in [0.3, 0.4) is 0 Å². The van der Waals surface area contributed by atoms with E-state index >= 15 is 0 Å². The Hall–Kier alpha value is -4.89. The highest BCUT2D eigenvalue weighted by molar-refractivity contribution is 5.84. The molecule has 0 spiro atoms. The van der Waals surface area contributed by atoms with Gasteiger partial charge in [-0.1, -0.05) is 61.5 Å². The summed E-state index contributed by atoms with van der Waals surface area (Å²) in [6, 6.07) is 26.3. The van der Waals surface area contributed by atoms with Gasteiger partial charge in [-0.25, -0.2) is 4.98 Å². The summed E-state index contributed by atoms with van der Waals surface area (Å²) < 4.78 is 6.42. The molecule has 5 aromatic rings. The van der Waals surface area contributed by atoms with Gasteiger partial charge in [0.25, 0.3) is 6.47 Å². The lowest BCUT2D eigenvalue weighted by molar-refractivity contribution is -0.129. The number of anilines is 3. The van der Waals surface area contributed by atoms with Crippen molar-refractivity contribution >= 4 is 29.3 Å². The van der Waals surface area contributed by atoms with E-state index in [1.54, 1.807) is 0 Å². The smallest absolute Gasteiger partial charge is 0.293 e. The molecule has 0 saturated carbocycles. The van der Waals surface area contributed by atoms with Gasteiger partial charge in [0.15, 0.2) is 5.65 Å². The number of carbonyl (C=O) groups is 1. The zero-order chi connectivity index (χ0) is 29.7. The number of benzene rings is 3. The number of ether oxygens (including phenoxy) is 1. The molecule has 0 aliphatic heterocycles. The van der Waals surface area contributed by atoms with Crippen molar-refractivity contribution in [3.63, 3.8) is 0 Å². The highest BCUT2D eigenvalue weighted by Gasteiger charge is 2.15. The third-order valence-electron chi connectivity index (χ3n) is 6.94. The van der Waals surface area contributed by atoms with Gasteiger partial charge in [0, 0.05) is 55.9 Å². The molecule has 0 bridgehead atoms. The normalized spacial score (nSPS) is 10.6. The molecule has 0 saturated heterocycles. The highest BCUT2D eigenvalue weighted by Crippen LogP contribution is 2.32. The molecule has 42 heavy (non-hydrogen) atoms. The van der Waals surface area contributed by atoms with E-state index in [2.05, 4.69) is 93.2 Å². The van der Waals surface area contributed by atoms with Gasteiger partial charge in [0.05, 0.1) is 6.20 Å². The van der Waals surface area contributed by atoms with Crippen LogP contribution in [0.15, 0.2) is 91.3 Å². The fourth-order valence-electron chi connectivity index (χ4n) is 4.45. The molecule has 2 heterocycles. The molecule has 3 aromatic carbocycles. The molecular weight excluding hydrogens is 526 g/mol. The first-order valence-electron chi connectivity index (χ1n) is 14.0. The zero-order valence-corrected chi connectivity index (χ0v) is 24.7. The number of fused-ring (bicyclic) bond motifs is 1. The molecule has 0 atom stereocenters. The first kappa shape index (κ1) is 30.1. The Kier molecular flexibility index (Phi) is 10.9. The van der Waals surface area contributed by atoms with Crippen molar-refractivity contribution in [1.29, 1.82) is 0 Å². The Labute approximate surface area is 247 Å². The van der Waals surface area contributed by atoms with E-state index in [0.29, 0.717) is 13.1 Å². The molecule has 0 amide bonds. The standard InChI is InChI=1S/C25H31N7.C8H8O2/c1-5-31(4)14-13-28-21-8-6-7-19(15-21)23-17-30-32-24(27-3)22(16-29-25(23)32)18-9-11-20(26-2)12-10-18;9-7-10-6-8-4-2-1-3-5-8/h6-12,15-17,26-28H,5,13-14H2,1-4H3;1-5,7H,6H2. The second kappa shape index (κ2) is 15.2. The maximum absolute atomic E-state index is 9.76. The lowest BCUT2D eigenvalue weighted by Gasteiger charge is -2.15. The van der Waals surface area contributed by atoms with Gasteiger partial charge in [-0.05, 0) is 54.5 Å². The van der Waals surface area contributed by atoms with Crippen molar-refractivity contribution in [2.45, 2.75) is 13.5 Å². The van der Waals surface area contributed by atoms with E-state index in [1.165, 1.54) is 0 Å². The summed E-state index contributed by atoms with van der Waals surface area (Å²) in [5, 5.41) is 14.6. The summed E-state index contributed by atoms with van der Waals surface area (Å²) in [5.74, 6) is 0.912. The number of nitrogens with one attached hydrogen (secondary N) is 3. The minimum atomic E-state index is 0.365. The van der Waals surface area contributed by atoms with E-state index in [4.69, 9.17) is 4.98 Å². The second-order valence-corrected chi connectivity index (χ2v) is 9.69. The number of carbonyl (C=O) groups excluding carboxylic acids is 1. The van der Waals surface area contributed by atoms with Gasteiger partial charge < -0.3 is 25.6 Å². The zero-order valence-electron chi connectivity index (χ0n) is 24.7. The number of aromatic nitrogens is 3. The summed E-state index contributed by atoms with van der Waals surface area (Å²) >= 11 is 0. The fourth-order valence-corrected chi connectivity index (χ4v) is 4.45. The largest absolute Gasteiger partial charge is 0.463 e. The summed E-state index contributed by atoms with van der Waals surface area (Å²) in [7, 11) is 5.96. The van der Waals surface area contributed by atoms with E-state index in [0.717, 1.165) is 70.3 Å². The van der Waals surface area contributed by atoms with Crippen LogP contribution in [0.1, 0.15) is 12.5 Å². The maximum Gasteiger partial charge on any atom is 0.293 e. The molecule has 218 valence electrons. The minimum absolute atomic E-state index is 0.365. The van der Waals surface area contributed by atoms with Crippen LogP contribution in [-0.2, 0) is 16.1 Å². The first-order valence-corrected chi connectivity index (χ1v) is 14.0. The van der Waals surface area contributed by atoms with Gasteiger partial charge in [-0.3, -0.25) is 4.79 Å². The monoisotopic (exact) mass is 565 g/mol. The van der Waals surface area contributed by atoms with Crippen LogP contribution in [0, 0.1) is 0 Å². The molecular formula is C33H39N7O2. The average Bonchev–Trinajstić information content (AvgIpc) is 3.48. The van der Waals surface area contributed by atoms with Crippen LogP contribution in [0.25, 0.3) is 27.9 Å².